The molecule has 0 unspecified atom stereocenters. The van der Waals surface area contributed by atoms with E-state index in [4.69, 9.17) is 16.2 Å². The van der Waals surface area contributed by atoms with Gasteiger partial charge in [0, 0.05) is 0 Å². The maximum Gasteiger partial charge on any atom is 0.166 e. The third-order valence-electron chi connectivity index (χ3n) is 2.79. The van der Waals surface area contributed by atoms with Gasteiger partial charge in [-0.15, -0.1) is 0 Å². The molecule has 94 valence electrons. The van der Waals surface area contributed by atoms with Gasteiger partial charge in [0.25, 0.3) is 0 Å². The van der Waals surface area contributed by atoms with Crippen LogP contribution >= 0.6 is 15.9 Å². The number of hydrogen-bond acceptors (Lipinski definition) is 3. The second kappa shape index (κ2) is 4.90. The average Bonchev–Trinajstić information content (AvgIpc) is 2.33. The first-order valence-electron chi connectivity index (χ1n) is 5.58. The highest BCUT2D eigenvalue weighted by atomic mass is 79.9. The highest BCUT2D eigenvalue weighted by Gasteiger charge is 2.12. The standard InChI is InChI=1S/C14H15BrN2O/c1-8-4-3-5-9(2)13(8)18-14-10(15)6-7-11(16)12(14)17/h3-7H,16-17H2,1-2H3. The van der Waals surface area contributed by atoms with E-state index in [-0.39, 0.29) is 0 Å². The van der Waals surface area contributed by atoms with Crippen LogP contribution in [0.5, 0.6) is 11.5 Å². The van der Waals surface area contributed by atoms with Gasteiger partial charge < -0.3 is 16.2 Å². The molecule has 0 aliphatic carbocycles. The Labute approximate surface area is 115 Å². The SMILES string of the molecule is Cc1cccc(C)c1Oc1c(Br)ccc(N)c1N. The van der Waals surface area contributed by atoms with Crippen LogP contribution in [0.15, 0.2) is 34.8 Å². The molecule has 0 saturated carbocycles. The van der Waals surface area contributed by atoms with Crippen LogP contribution in [-0.4, -0.2) is 0 Å². The normalized spacial score (nSPS) is 10.4. The van der Waals surface area contributed by atoms with Crippen molar-refractivity contribution >= 4 is 27.3 Å². The maximum atomic E-state index is 5.95. The first kappa shape index (κ1) is 12.8. The van der Waals surface area contributed by atoms with E-state index in [1.807, 2.05) is 38.1 Å². The van der Waals surface area contributed by atoms with Gasteiger partial charge in [0.1, 0.15) is 5.75 Å². The molecule has 0 amide bonds. The molecule has 0 radical (unpaired) electrons. The molecule has 0 saturated heterocycles. The summed E-state index contributed by atoms with van der Waals surface area (Å²) in [6.07, 6.45) is 0. The number of hydrogen-bond donors (Lipinski definition) is 2. The summed E-state index contributed by atoms with van der Waals surface area (Å²) in [4.78, 5) is 0. The van der Waals surface area contributed by atoms with Crippen molar-refractivity contribution in [3.63, 3.8) is 0 Å². The number of ether oxygens (including phenoxy) is 1. The molecule has 4 N–H and O–H groups in total. The lowest BCUT2D eigenvalue weighted by atomic mass is 10.1. The summed E-state index contributed by atoms with van der Waals surface area (Å²) in [6.45, 7) is 4.00. The molecule has 0 heterocycles. The van der Waals surface area contributed by atoms with Crippen LogP contribution < -0.4 is 16.2 Å². The van der Waals surface area contributed by atoms with Crippen molar-refractivity contribution < 1.29 is 4.74 Å². The monoisotopic (exact) mass is 306 g/mol. The van der Waals surface area contributed by atoms with Crippen LogP contribution in [0.25, 0.3) is 0 Å². The van der Waals surface area contributed by atoms with Gasteiger partial charge in [-0.05, 0) is 53.0 Å². The van der Waals surface area contributed by atoms with Gasteiger partial charge in [0.2, 0.25) is 0 Å². The summed E-state index contributed by atoms with van der Waals surface area (Å²) in [5.74, 6) is 1.38. The highest BCUT2D eigenvalue weighted by Crippen LogP contribution is 2.40. The zero-order chi connectivity index (χ0) is 13.3. The van der Waals surface area contributed by atoms with Crippen molar-refractivity contribution in [3.05, 3.63) is 45.9 Å². The van der Waals surface area contributed by atoms with E-state index < -0.39 is 0 Å². The number of nitrogens with two attached hydrogens (primary N) is 2. The molecule has 0 aromatic heterocycles. The van der Waals surface area contributed by atoms with Gasteiger partial charge in [-0.1, -0.05) is 18.2 Å². The van der Waals surface area contributed by atoms with Gasteiger partial charge in [-0.2, -0.15) is 0 Å². The fourth-order valence-electron chi connectivity index (χ4n) is 1.75. The minimum absolute atomic E-state index is 0.451. The van der Waals surface area contributed by atoms with Gasteiger partial charge in [0.15, 0.2) is 5.75 Å². The van der Waals surface area contributed by atoms with Crippen LogP contribution in [0, 0.1) is 13.8 Å². The van der Waals surface area contributed by atoms with E-state index >= 15 is 0 Å². The predicted octanol–water partition coefficient (Wildman–Crippen LogP) is 4.02. The van der Waals surface area contributed by atoms with E-state index in [1.165, 1.54) is 0 Å². The Morgan fingerprint density at radius 3 is 2.17 bits per heavy atom. The molecule has 2 aromatic carbocycles. The summed E-state index contributed by atoms with van der Waals surface area (Å²) in [6, 6.07) is 9.57. The Balaban J connectivity index is 2.50. The Kier molecular flexibility index (Phi) is 3.48. The second-order valence-electron chi connectivity index (χ2n) is 4.20. The molecule has 0 fully saturated rings. The molecule has 0 aliphatic heterocycles. The molecule has 18 heavy (non-hydrogen) atoms. The zero-order valence-corrected chi connectivity index (χ0v) is 11.9. The van der Waals surface area contributed by atoms with Gasteiger partial charge in [-0.25, -0.2) is 0 Å². The largest absolute Gasteiger partial charge is 0.453 e. The van der Waals surface area contributed by atoms with Crippen molar-refractivity contribution in [2.75, 3.05) is 11.5 Å². The predicted molar refractivity (Wildman–Crippen MR) is 79.0 cm³/mol. The fraction of sp³-hybridized carbons (Fsp3) is 0.143. The molecule has 0 aliphatic rings. The average molecular weight is 307 g/mol. The van der Waals surface area contributed by atoms with Crippen LogP contribution in [0.2, 0.25) is 0 Å². The number of nitrogen functional groups attached to an aromatic ring is 2. The first-order chi connectivity index (χ1) is 8.50. The van der Waals surface area contributed by atoms with Crippen molar-refractivity contribution in [1.29, 1.82) is 0 Å². The van der Waals surface area contributed by atoms with Crippen molar-refractivity contribution in [2.45, 2.75) is 13.8 Å². The van der Waals surface area contributed by atoms with E-state index in [2.05, 4.69) is 15.9 Å². The number of benzene rings is 2. The van der Waals surface area contributed by atoms with Crippen LogP contribution in [0.4, 0.5) is 11.4 Å². The lowest BCUT2D eigenvalue weighted by Crippen LogP contribution is -2.00. The Morgan fingerprint density at radius 1 is 0.944 bits per heavy atom. The van der Waals surface area contributed by atoms with E-state index in [9.17, 15) is 0 Å². The van der Waals surface area contributed by atoms with Crippen molar-refractivity contribution in [2.24, 2.45) is 0 Å². The summed E-state index contributed by atoms with van der Waals surface area (Å²) in [5, 5.41) is 0. The number of rotatable bonds is 2. The summed E-state index contributed by atoms with van der Waals surface area (Å²) < 4.78 is 6.72. The molecule has 0 bridgehead atoms. The molecule has 4 heteroatoms. The highest BCUT2D eigenvalue weighted by molar-refractivity contribution is 9.10. The van der Waals surface area contributed by atoms with Crippen LogP contribution in [-0.2, 0) is 0 Å². The Morgan fingerprint density at radius 2 is 1.56 bits per heavy atom. The van der Waals surface area contributed by atoms with Gasteiger partial charge in [0.05, 0.1) is 15.8 Å². The van der Waals surface area contributed by atoms with Gasteiger partial charge in [-0.3, -0.25) is 0 Å². The Bertz CT molecular complexity index is 576. The third-order valence-corrected chi connectivity index (χ3v) is 3.42. The molecule has 2 aromatic rings. The van der Waals surface area contributed by atoms with Crippen molar-refractivity contribution in [1.82, 2.24) is 0 Å². The quantitative estimate of drug-likeness (QED) is 0.824. The minimum atomic E-state index is 0.451. The molecular formula is C14H15BrN2O. The summed E-state index contributed by atoms with van der Waals surface area (Å²) in [5.41, 5.74) is 14.8. The zero-order valence-electron chi connectivity index (χ0n) is 10.3. The molecule has 3 nitrogen and oxygen atoms in total. The molecular weight excluding hydrogens is 292 g/mol. The van der Waals surface area contributed by atoms with E-state index in [0.717, 1.165) is 21.3 Å². The Hall–Kier alpha value is -1.68. The molecule has 0 spiro atoms. The third kappa shape index (κ3) is 2.29. The lowest BCUT2D eigenvalue weighted by Gasteiger charge is -2.15. The van der Waals surface area contributed by atoms with Crippen molar-refractivity contribution in [3.8, 4) is 11.5 Å². The fourth-order valence-corrected chi connectivity index (χ4v) is 2.18. The van der Waals surface area contributed by atoms with E-state index in [0.29, 0.717) is 17.1 Å². The number of halogens is 1. The molecule has 2 rings (SSSR count). The maximum absolute atomic E-state index is 5.95. The summed E-state index contributed by atoms with van der Waals surface area (Å²) in [7, 11) is 0. The molecule has 0 atom stereocenters. The van der Waals surface area contributed by atoms with Crippen LogP contribution in [0.3, 0.4) is 0 Å². The summed E-state index contributed by atoms with van der Waals surface area (Å²) >= 11 is 3.43. The number of para-hydroxylation sites is 1. The number of aryl methyl sites for hydroxylation is 2. The lowest BCUT2D eigenvalue weighted by molar-refractivity contribution is 0.475. The van der Waals surface area contributed by atoms with Gasteiger partial charge >= 0.3 is 0 Å². The first-order valence-corrected chi connectivity index (χ1v) is 6.37. The van der Waals surface area contributed by atoms with E-state index in [1.54, 1.807) is 6.07 Å². The topological polar surface area (TPSA) is 61.3 Å². The van der Waals surface area contributed by atoms with Crippen LogP contribution in [0.1, 0.15) is 11.1 Å². The minimum Gasteiger partial charge on any atom is -0.453 e. The second-order valence-corrected chi connectivity index (χ2v) is 5.06. The smallest absolute Gasteiger partial charge is 0.166 e. The number of anilines is 2.